The number of carbonyl (C=O) groups excluding carboxylic acids is 2. The van der Waals surface area contributed by atoms with E-state index in [1.165, 1.54) is 4.90 Å². The Bertz CT molecular complexity index is 1080. The number of carbonyl (C=O) groups is 2. The first-order valence-electron chi connectivity index (χ1n) is 11.9. The Labute approximate surface area is 196 Å². The van der Waals surface area contributed by atoms with Crippen LogP contribution in [-0.2, 0) is 14.8 Å². The number of hydrogen-bond donors (Lipinski definition) is 0. The fraction of sp³-hybridized carbons (Fsp3) is 0.481. The van der Waals surface area contributed by atoms with Crippen LogP contribution in [0.25, 0.3) is 0 Å². The zero-order valence-electron chi connectivity index (χ0n) is 20.4. The summed E-state index contributed by atoms with van der Waals surface area (Å²) in [4.78, 5) is 28.3. The molecule has 172 valence electrons. The zero-order valence-corrected chi connectivity index (χ0v) is 20.4. The molecule has 1 saturated carbocycles. The molecular formula is C27H32BNO4. The van der Waals surface area contributed by atoms with Crippen LogP contribution >= 0.6 is 0 Å². The van der Waals surface area contributed by atoms with Crippen LogP contribution in [0.4, 0.5) is 0 Å². The van der Waals surface area contributed by atoms with Gasteiger partial charge in [0.2, 0.25) is 0 Å². The minimum absolute atomic E-state index is 0.0970. The van der Waals surface area contributed by atoms with Crippen molar-refractivity contribution in [2.24, 2.45) is 5.41 Å². The molecule has 2 fully saturated rings. The second-order valence-electron chi connectivity index (χ2n) is 11.3. The van der Waals surface area contributed by atoms with Crippen LogP contribution in [-0.4, -0.2) is 35.0 Å². The Balaban J connectivity index is 1.50. The lowest BCUT2D eigenvalue weighted by Crippen LogP contribution is -2.60. The van der Waals surface area contributed by atoms with E-state index in [1.807, 2.05) is 64.1 Å². The van der Waals surface area contributed by atoms with Gasteiger partial charge in [0, 0.05) is 0 Å². The van der Waals surface area contributed by atoms with Crippen molar-refractivity contribution in [1.82, 2.24) is 4.90 Å². The zero-order chi connectivity index (χ0) is 23.8. The molecule has 2 amide bonds. The van der Waals surface area contributed by atoms with Crippen molar-refractivity contribution in [1.29, 1.82) is 0 Å². The minimum Gasteiger partial charge on any atom is -0.399 e. The Morgan fingerprint density at radius 2 is 1.30 bits per heavy atom. The molecule has 0 spiro atoms. The number of amides is 2. The molecule has 2 aromatic rings. The van der Waals surface area contributed by atoms with E-state index in [2.05, 4.69) is 13.8 Å². The van der Waals surface area contributed by atoms with Crippen LogP contribution in [0.2, 0.25) is 0 Å². The predicted octanol–water partition coefficient (Wildman–Crippen LogP) is 4.69. The summed E-state index contributed by atoms with van der Waals surface area (Å²) < 4.78 is 12.4. The first kappa shape index (κ1) is 22.4. The summed E-state index contributed by atoms with van der Waals surface area (Å²) in [5.74, 6) is -0.382. The molecule has 2 aliphatic heterocycles. The predicted molar refractivity (Wildman–Crippen MR) is 128 cm³/mol. The van der Waals surface area contributed by atoms with Gasteiger partial charge in [-0.2, -0.15) is 0 Å². The van der Waals surface area contributed by atoms with E-state index in [-0.39, 0.29) is 17.2 Å². The molecule has 5 rings (SSSR count). The summed E-state index contributed by atoms with van der Waals surface area (Å²) >= 11 is 0. The normalized spacial score (nSPS) is 29.9. The number of fused-ring (bicyclic) bond motifs is 1. The first-order chi connectivity index (χ1) is 15.4. The van der Waals surface area contributed by atoms with Gasteiger partial charge in [-0.25, -0.2) is 0 Å². The summed E-state index contributed by atoms with van der Waals surface area (Å²) in [5, 5.41) is 0. The van der Waals surface area contributed by atoms with E-state index < -0.39 is 23.9 Å². The van der Waals surface area contributed by atoms with E-state index in [0.717, 1.165) is 30.3 Å². The molecule has 0 radical (unpaired) electrons. The van der Waals surface area contributed by atoms with E-state index in [1.54, 1.807) is 12.1 Å². The smallest absolute Gasteiger partial charge is 0.399 e. The van der Waals surface area contributed by atoms with Gasteiger partial charge < -0.3 is 9.31 Å². The Kier molecular flexibility index (Phi) is 4.77. The number of hydrogen-bond acceptors (Lipinski definition) is 4. The number of benzene rings is 2. The Hall–Kier alpha value is -2.44. The van der Waals surface area contributed by atoms with Crippen molar-refractivity contribution in [3.05, 3.63) is 65.2 Å². The second kappa shape index (κ2) is 7.03. The SMILES string of the molecule is CCC1(C)CC(c2ccc(B3OC(C)(C)C(C)(C)O3)cc2)(N2C(=O)c3ccccc3C2=O)C1. The van der Waals surface area contributed by atoms with Crippen molar-refractivity contribution in [3.63, 3.8) is 0 Å². The molecule has 0 bridgehead atoms. The molecule has 0 atom stereocenters. The molecule has 0 aromatic heterocycles. The molecule has 2 heterocycles. The molecular weight excluding hydrogens is 413 g/mol. The molecule has 1 saturated heterocycles. The van der Waals surface area contributed by atoms with Crippen molar-refractivity contribution in [3.8, 4) is 0 Å². The number of rotatable bonds is 4. The van der Waals surface area contributed by atoms with Crippen molar-refractivity contribution in [2.75, 3.05) is 0 Å². The van der Waals surface area contributed by atoms with Gasteiger partial charge in [-0.05, 0) is 69.1 Å². The number of imide groups is 1. The van der Waals surface area contributed by atoms with Crippen LogP contribution in [0, 0.1) is 5.41 Å². The maximum absolute atomic E-state index is 13.4. The number of nitrogens with zero attached hydrogens (tertiary/aromatic N) is 1. The molecule has 5 nitrogen and oxygen atoms in total. The summed E-state index contributed by atoms with van der Waals surface area (Å²) in [6, 6.07) is 15.2. The molecule has 33 heavy (non-hydrogen) atoms. The van der Waals surface area contributed by atoms with Crippen LogP contribution in [0.1, 0.15) is 87.1 Å². The molecule has 0 unspecified atom stereocenters. The van der Waals surface area contributed by atoms with E-state index >= 15 is 0 Å². The lowest BCUT2D eigenvalue weighted by molar-refractivity contribution is -0.0524. The largest absolute Gasteiger partial charge is 0.494 e. The third-order valence-electron chi connectivity index (χ3n) is 8.49. The fourth-order valence-electron chi connectivity index (χ4n) is 5.61. The van der Waals surface area contributed by atoms with Crippen molar-refractivity contribution >= 4 is 24.4 Å². The average Bonchev–Trinajstić information content (AvgIpc) is 3.14. The summed E-state index contributed by atoms with van der Waals surface area (Å²) in [6.45, 7) is 12.6. The summed E-state index contributed by atoms with van der Waals surface area (Å²) in [5.41, 5.74) is 1.58. The van der Waals surface area contributed by atoms with Gasteiger partial charge in [0.05, 0.1) is 27.9 Å². The minimum atomic E-state index is -0.633. The van der Waals surface area contributed by atoms with Crippen molar-refractivity contribution < 1.29 is 18.9 Å². The highest BCUT2D eigenvalue weighted by atomic mass is 16.7. The summed E-state index contributed by atoms with van der Waals surface area (Å²) in [6.07, 6.45) is 2.53. The maximum Gasteiger partial charge on any atom is 0.494 e. The molecule has 0 N–H and O–H groups in total. The lowest BCUT2D eigenvalue weighted by Gasteiger charge is -2.58. The molecule has 1 aliphatic carbocycles. The monoisotopic (exact) mass is 445 g/mol. The fourth-order valence-corrected chi connectivity index (χ4v) is 5.61. The van der Waals surface area contributed by atoms with Gasteiger partial charge >= 0.3 is 7.12 Å². The van der Waals surface area contributed by atoms with Gasteiger partial charge in [0.15, 0.2) is 0 Å². The Morgan fingerprint density at radius 3 is 1.76 bits per heavy atom. The highest BCUT2D eigenvalue weighted by Gasteiger charge is 2.60. The first-order valence-corrected chi connectivity index (χ1v) is 11.9. The van der Waals surface area contributed by atoms with Gasteiger partial charge in [0.1, 0.15) is 0 Å². The van der Waals surface area contributed by atoms with Crippen LogP contribution in [0.3, 0.4) is 0 Å². The lowest BCUT2D eigenvalue weighted by atomic mass is 9.54. The van der Waals surface area contributed by atoms with Crippen LogP contribution in [0.5, 0.6) is 0 Å². The standard InChI is InChI=1S/C27H32BNO4/c1-7-26(6)16-27(17-26,29-22(30)20-10-8-9-11-21(20)23(29)31)18-12-14-19(15-13-18)28-32-24(2,3)25(4,5)33-28/h8-15H,7,16-17H2,1-6H3. The average molecular weight is 445 g/mol. The van der Waals surface area contributed by atoms with Gasteiger partial charge in [-0.15, -0.1) is 0 Å². The third-order valence-corrected chi connectivity index (χ3v) is 8.49. The van der Waals surface area contributed by atoms with Gasteiger partial charge in [-0.1, -0.05) is 56.7 Å². The molecule has 3 aliphatic rings. The van der Waals surface area contributed by atoms with Gasteiger partial charge in [0.25, 0.3) is 11.8 Å². The maximum atomic E-state index is 13.4. The highest BCUT2D eigenvalue weighted by Crippen LogP contribution is 2.60. The third kappa shape index (κ3) is 3.14. The molecule has 2 aromatic carbocycles. The van der Waals surface area contributed by atoms with E-state index in [0.29, 0.717) is 11.1 Å². The highest BCUT2D eigenvalue weighted by molar-refractivity contribution is 6.62. The Morgan fingerprint density at radius 1 is 0.818 bits per heavy atom. The van der Waals surface area contributed by atoms with Gasteiger partial charge in [-0.3, -0.25) is 14.5 Å². The van der Waals surface area contributed by atoms with E-state index in [9.17, 15) is 9.59 Å². The van der Waals surface area contributed by atoms with Crippen LogP contribution < -0.4 is 5.46 Å². The molecule has 6 heteroatoms. The van der Waals surface area contributed by atoms with Crippen LogP contribution in [0.15, 0.2) is 48.5 Å². The second-order valence-corrected chi connectivity index (χ2v) is 11.3. The van der Waals surface area contributed by atoms with E-state index in [4.69, 9.17) is 9.31 Å². The summed E-state index contributed by atoms with van der Waals surface area (Å²) in [7, 11) is -0.443. The topological polar surface area (TPSA) is 55.8 Å². The van der Waals surface area contributed by atoms with Crippen molar-refractivity contribution in [2.45, 2.75) is 77.5 Å². The quantitative estimate of drug-likeness (QED) is 0.506.